The summed E-state index contributed by atoms with van der Waals surface area (Å²) in [5, 5.41) is 13.1. The summed E-state index contributed by atoms with van der Waals surface area (Å²) in [5.74, 6) is 0.839. The van der Waals surface area contributed by atoms with Gasteiger partial charge in [-0.1, -0.05) is 48.7 Å². The topological polar surface area (TPSA) is 120 Å². The van der Waals surface area contributed by atoms with Gasteiger partial charge in [0, 0.05) is 25.1 Å². The van der Waals surface area contributed by atoms with Gasteiger partial charge in [0.25, 0.3) is 0 Å². The molecule has 11 nitrogen and oxygen atoms in total. The molecule has 11 heteroatoms. The number of hydrogen-bond acceptors (Lipinski definition) is 9. The first kappa shape index (κ1) is 32.3. The maximum atomic E-state index is 13.3. The summed E-state index contributed by atoms with van der Waals surface area (Å²) in [4.78, 5) is 25.3. The summed E-state index contributed by atoms with van der Waals surface area (Å²) < 4.78 is 25.3. The second-order valence-electron chi connectivity index (χ2n) is 13.6. The molecular formula is C36H43N5O6. The van der Waals surface area contributed by atoms with Crippen molar-refractivity contribution < 1.29 is 28.5 Å². The van der Waals surface area contributed by atoms with Gasteiger partial charge in [-0.15, -0.1) is 5.10 Å². The summed E-state index contributed by atoms with van der Waals surface area (Å²) >= 11 is 0. The molecule has 2 saturated carbocycles. The normalized spacial score (nSPS) is 18.7. The third-order valence-corrected chi connectivity index (χ3v) is 8.82. The molecule has 4 aromatic rings. The first-order valence-electron chi connectivity index (χ1n) is 16.4. The van der Waals surface area contributed by atoms with Gasteiger partial charge in [0.15, 0.2) is 0 Å². The molecule has 0 spiro atoms. The molecule has 2 aromatic carbocycles. The molecule has 0 bridgehead atoms. The van der Waals surface area contributed by atoms with Crippen LogP contribution in [0.4, 0.5) is 4.79 Å². The maximum absolute atomic E-state index is 13.3. The highest BCUT2D eigenvalue weighted by Crippen LogP contribution is 2.55. The average molecular weight is 642 g/mol. The Morgan fingerprint density at radius 3 is 2.45 bits per heavy atom. The molecule has 0 radical (unpaired) electrons. The third kappa shape index (κ3) is 7.84. The van der Waals surface area contributed by atoms with Crippen molar-refractivity contribution in [1.29, 1.82) is 0 Å². The van der Waals surface area contributed by atoms with E-state index in [4.69, 9.17) is 18.9 Å². The predicted octanol–water partition coefficient (Wildman–Crippen LogP) is 7.35. The van der Waals surface area contributed by atoms with Crippen molar-refractivity contribution in [2.24, 2.45) is 13.0 Å². The zero-order valence-electron chi connectivity index (χ0n) is 27.7. The van der Waals surface area contributed by atoms with Gasteiger partial charge in [0.2, 0.25) is 6.79 Å². The standard InChI is InChI=1S/C36H43N5O6/c1-23(24-11-7-6-8-12-24)46-28-16-10-14-26(18-28)25-13-9-15-27(17-25)41-33(30-19-29(30)32-21-40(5)39-38-32)31(20-37-41)34(42)44-22-45-35(43)47-36(2,3)4/h9-10,13-18,20-21,23-24,29-30H,6-8,11-12,19,22H2,1-5H3/t23?,29-,30-/m1/s1. The lowest BCUT2D eigenvalue weighted by molar-refractivity contribution is -0.0524. The summed E-state index contributed by atoms with van der Waals surface area (Å²) in [7, 11) is 1.83. The number of aryl methyl sites for hydroxylation is 1. The fraction of sp³-hybridized carbons (Fsp3) is 0.472. The number of nitrogens with zero attached hydrogens (tertiary/aromatic N) is 5. The molecule has 0 aliphatic heterocycles. The quantitative estimate of drug-likeness (QED) is 0.129. The van der Waals surface area contributed by atoms with Crippen LogP contribution in [0.3, 0.4) is 0 Å². The number of carbonyl (C=O) groups excluding carboxylic acids is 2. The van der Waals surface area contributed by atoms with E-state index in [1.54, 1.807) is 30.1 Å². The molecule has 2 heterocycles. The van der Waals surface area contributed by atoms with Crippen molar-refractivity contribution >= 4 is 12.1 Å². The van der Waals surface area contributed by atoms with Crippen LogP contribution in [0.2, 0.25) is 0 Å². The van der Waals surface area contributed by atoms with E-state index in [0.717, 1.165) is 34.7 Å². The van der Waals surface area contributed by atoms with Crippen LogP contribution in [-0.2, 0) is 21.3 Å². The predicted molar refractivity (Wildman–Crippen MR) is 174 cm³/mol. The fourth-order valence-corrected chi connectivity index (χ4v) is 6.41. The zero-order valence-corrected chi connectivity index (χ0v) is 27.7. The molecule has 2 aliphatic carbocycles. The van der Waals surface area contributed by atoms with Crippen molar-refractivity contribution in [3.63, 3.8) is 0 Å². The third-order valence-electron chi connectivity index (χ3n) is 8.82. The smallest absolute Gasteiger partial charge is 0.490 e. The molecule has 2 fully saturated rings. The summed E-state index contributed by atoms with van der Waals surface area (Å²) in [6.45, 7) is 6.78. The van der Waals surface area contributed by atoms with Gasteiger partial charge >= 0.3 is 12.1 Å². The summed E-state index contributed by atoms with van der Waals surface area (Å²) in [6.07, 6.45) is 9.74. The molecule has 3 atom stereocenters. The largest absolute Gasteiger partial charge is 0.511 e. The molecule has 1 unspecified atom stereocenters. The molecule has 0 N–H and O–H groups in total. The van der Waals surface area contributed by atoms with E-state index in [1.165, 1.54) is 38.3 Å². The minimum Gasteiger partial charge on any atom is -0.490 e. The van der Waals surface area contributed by atoms with E-state index < -0.39 is 24.5 Å². The highest BCUT2D eigenvalue weighted by atomic mass is 16.8. The van der Waals surface area contributed by atoms with Crippen LogP contribution in [-0.4, -0.2) is 55.4 Å². The molecular weight excluding hydrogens is 598 g/mol. The molecule has 0 amide bonds. The Morgan fingerprint density at radius 2 is 1.72 bits per heavy atom. The first-order chi connectivity index (χ1) is 22.6. The lowest BCUT2D eigenvalue weighted by Crippen LogP contribution is -2.25. The minimum atomic E-state index is -0.916. The van der Waals surface area contributed by atoms with Crippen LogP contribution < -0.4 is 4.74 Å². The Morgan fingerprint density at radius 1 is 0.979 bits per heavy atom. The van der Waals surface area contributed by atoms with Crippen LogP contribution in [0.15, 0.2) is 60.9 Å². The highest BCUT2D eigenvalue weighted by molar-refractivity contribution is 5.91. The monoisotopic (exact) mass is 641 g/mol. The lowest BCUT2D eigenvalue weighted by Gasteiger charge is -2.28. The van der Waals surface area contributed by atoms with Crippen molar-refractivity contribution in [3.05, 3.63) is 77.9 Å². The van der Waals surface area contributed by atoms with Crippen LogP contribution in [0.5, 0.6) is 5.75 Å². The van der Waals surface area contributed by atoms with Gasteiger partial charge in [-0.05, 0) is 88.3 Å². The van der Waals surface area contributed by atoms with E-state index >= 15 is 0 Å². The Kier molecular flexibility index (Phi) is 9.33. The zero-order chi connectivity index (χ0) is 33.1. The van der Waals surface area contributed by atoms with Gasteiger partial charge in [0.1, 0.15) is 16.9 Å². The van der Waals surface area contributed by atoms with E-state index in [1.807, 2.05) is 37.5 Å². The number of hydrogen-bond donors (Lipinski definition) is 0. The van der Waals surface area contributed by atoms with Gasteiger partial charge < -0.3 is 18.9 Å². The van der Waals surface area contributed by atoms with Crippen molar-refractivity contribution in [3.8, 4) is 22.6 Å². The molecule has 248 valence electrons. The minimum absolute atomic E-state index is 0.0369. The van der Waals surface area contributed by atoms with Crippen molar-refractivity contribution in [2.45, 2.75) is 89.8 Å². The molecule has 2 aliphatic rings. The SMILES string of the molecule is CC(Oc1cccc(-c2cccc(-n3ncc(C(=O)OCOC(=O)OC(C)(C)C)c3[C@@H]3C[C@H]3c3cn(C)nn3)c2)c1)C1CCCCC1. The summed E-state index contributed by atoms with van der Waals surface area (Å²) in [6, 6.07) is 16.2. The number of aromatic nitrogens is 5. The Hall–Kier alpha value is -4.67. The van der Waals surface area contributed by atoms with Gasteiger partial charge in [0.05, 0.1) is 29.4 Å². The van der Waals surface area contributed by atoms with Gasteiger partial charge in [-0.2, -0.15) is 5.10 Å². The highest BCUT2D eigenvalue weighted by Gasteiger charge is 2.46. The van der Waals surface area contributed by atoms with Gasteiger partial charge in [-0.3, -0.25) is 4.68 Å². The van der Waals surface area contributed by atoms with Crippen LogP contribution >= 0.6 is 0 Å². The molecule has 2 aromatic heterocycles. The number of carbonyl (C=O) groups is 2. The average Bonchev–Trinajstić information content (AvgIpc) is 3.49. The van der Waals surface area contributed by atoms with Crippen LogP contribution in [0, 0.1) is 5.92 Å². The van der Waals surface area contributed by atoms with Crippen molar-refractivity contribution in [1.82, 2.24) is 24.8 Å². The lowest BCUT2D eigenvalue weighted by atomic mass is 9.86. The van der Waals surface area contributed by atoms with Crippen molar-refractivity contribution in [2.75, 3.05) is 6.79 Å². The maximum Gasteiger partial charge on any atom is 0.511 e. The number of ether oxygens (including phenoxy) is 4. The molecule has 6 rings (SSSR count). The van der Waals surface area contributed by atoms with E-state index in [2.05, 4.69) is 46.6 Å². The van der Waals surface area contributed by atoms with Crippen LogP contribution in [0.25, 0.3) is 16.8 Å². The van der Waals surface area contributed by atoms with E-state index in [0.29, 0.717) is 17.2 Å². The Balaban J connectivity index is 1.24. The number of benzene rings is 2. The molecule has 47 heavy (non-hydrogen) atoms. The summed E-state index contributed by atoms with van der Waals surface area (Å²) in [5.41, 5.74) is 3.95. The second-order valence-corrected chi connectivity index (χ2v) is 13.6. The second kappa shape index (κ2) is 13.6. The number of esters is 1. The van der Waals surface area contributed by atoms with E-state index in [9.17, 15) is 9.59 Å². The molecule has 0 saturated heterocycles. The van der Waals surface area contributed by atoms with Gasteiger partial charge in [-0.25, -0.2) is 14.3 Å². The van der Waals surface area contributed by atoms with E-state index in [-0.39, 0.29) is 17.9 Å². The van der Waals surface area contributed by atoms with Crippen LogP contribution in [0.1, 0.15) is 99.8 Å². The first-order valence-corrected chi connectivity index (χ1v) is 16.4. The Bertz CT molecular complexity index is 1720. The fourth-order valence-electron chi connectivity index (χ4n) is 6.41. The number of rotatable bonds is 10. The Labute approximate surface area is 275 Å².